The summed E-state index contributed by atoms with van der Waals surface area (Å²) in [6, 6.07) is 14.7. The van der Waals surface area contributed by atoms with E-state index in [9.17, 15) is 9.18 Å². The number of carbonyl (C=O) groups excluding carboxylic acids is 1. The zero-order valence-corrected chi connectivity index (χ0v) is 22.6. The van der Waals surface area contributed by atoms with Gasteiger partial charge in [-0.15, -0.1) is 0 Å². The number of halogens is 1. The van der Waals surface area contributed by atoms with Crippen molar-refractivity contribution in [1.29, 1.82) is 0 Å². The Morgan fingerprint density at radius 1 is 1.10 bits per heavy atom. The van der Waals surface area contributed by atoms with Gasteiger partial charge < -0.3 is 16.4 Å². The largest absolute Gasteiger partial charge is 0.383 e. The minimum atomic E-state index is -0.291. The molecule has 11 heteroatoms. The first-order valence-electron chi connectivity index (χ1n) is 13.3. The summed E-state index contributed by atoms with van der Waals surface area (Å²) < 4.78 is 17.8. The van der Waals surface area contributed by atoms with Crippen LogP contribution in [0.2, 0.25) is 0 Å². The van der Waals surface area contributed by atoms with Gasteiger partial charge in [0.2, 0.25) is 5.91 Å². The maximum Gasteiger partial charge on any atom is 0.236 e. The molecule has 10 nitrogen and oxygen atoms in total. The van der Waals surface area contributed by atoms with E-state index in [1.807, 2.05) is 22.7 Å². The van der Waals surface area contributed by atoms with Crippen LogP contribution >= 0.6 is 0 Å². The number of likely N-dealkylation sites (tertiary alicyclic amines) is 1. The normalized spacial score (nSPS) is 14.8. The molecule has 2 aromatic carbocycles. The smallest absolute Gasteiger partial charge is 0.236 e. The van der Waals surface area contributed by atoms with Crippen LogP contribution in [-0.2, 0) is 11.3 Å². The summed E-state index contributed by atoms with van der Waals surface area (Å²) in [5.74, 6) is 0.965. The average Bonchev–Trinajstić information content (AvgIpc) is 3.49. The Morgan fingerprint density at radius 2 is 1.88 bits per heavy atom. The van der Waals surface area contributed by atoms with Gasteiger partial charge in [-0.2, -0.15) is 10.2 Å². The number of hydrogen-bond donors (Lipinski definition) is 2. The molecule has 4 heterocycles. The number of nitrogen functional groups attached to an aromatic ring is 2. The molecule has 6 rings (SSSR count). The minimum Gasteiger partial charge on any atom is -0.383 e. The molecule has 1 fully saturated rings. The molecule has 3 aromatic heterocycles. The fourth-order valence-electron chi connectivity index (χ4n) is 5.55. The van der Waals surface area contributed by atoms with Gasteiger partial charge in [-0.1, -0.05) is 24.3 Å². The fraction of sp³-hybridized carbons (Fsp3) is 0.310. The number of fused-ring (bicyclic) bond motifs is 2. The third-order valence-electron chi connectivity index (χ3n) is 7.84. The van der Waals surface area contributed by atoms with Crippen molar-refractivity contribution < 1.29 is 9.18 Å². The molecule has 1 saturated heterocycles. The lowest BCUT2D eigenvalue weighted by atomic mass is 9.93. The second-order valence-electron chi connectivity index (χ2n) is 10.6. The molecule has 206 valence electrons. The molecule has 40 heavy (non-hydrogen) atoms. The van der Waals surface area contributed by atoms with Crippen molar-refractivity contribution in [3.8, 4) is 11.1 Å². The maximum absolute atomic E-state index is 14.3. The van der Waals surface area contributed by atoms with Crippen molar-refractivity contribution in [3.05, 3.63) is 71.9 Å². The Bertz CT molecular complexity index is 1720. The third kappa shape index (κ3) is 4.62. The Kier molecular flexibility index (Phi) is 6.59. The summed E-state index contributed by atoms with van der Waals surface area (Å²) >= 11 is 0. The van der Waals surface area contributed by atoms with Crippen LogP contribution in [0.3, 0.4) is 0 Å². The predicted molar refractivity (Wildman–Crippen MR) is 153 cm³/mol. The number of nitrogens with zero attached hydrogens (tertiary/aromatic N) is 7. The highest BCUT2D eigenvalue weighted by Crippen LogP contribution is 2.38. The van der Waals surface area contributed by atoms with Crippen LogP contribution in [0.25, 0.3) is 27.5 Å². The summed E-state index contributed by atoms with van der Waals surface area (Å²) in [5.41, 5.74) is 17.7. The number of hydrogen-bond acceptors (Lipinski definition) is 7. The number of piperidine rings is 1. The van der Waals surface area contributed by atoms with E-state index in [4.69, 9.17) is 16.6 Å². The van der Waals surface area contributed by atoms with E-state index in [-0.39, 0.29) is 24.2 Å². The fourth-order valence-corrected chi connectivity index (χ4v) is 5.55. The number of nitrogens with two attached hydrogens (primary N) is 2. The molecular weight excluding hydrogens is 509 g/mol. The van der Waals surface area contributed by atoms with Crippen molar-refractivity contribution in [3.63, 3.8) is 0 Å². The van der Waals surface area contributed by atoms with E-state index in [0.29, 0.717) is 29.3 Å². The van der Waals surface area contributed by atoms with Crippen LogP contribution in [0.5, 0.6) is 0 Å². The topological polar surface area (TPSA) is 124 Å². The van der Waals surface area contributed by atoms with Crippen molar-refractivity contribution in [2.45, 2.75) is 25.3 Å². The van der Waals surface area contributed by atoms with E-state index in [1.165, 1.54) is 12.4 Å². The van der Waals surface area contributed by atoms with Gasteiger partial charge in [0, 0.05) is 42.2 Å². The minimum absolute atomic E-state index is 0.113. The van der Waals surface area contributed by atoms with Gasteiger partial charge in [0.15, 0.2) is 5.82 Å². The van der Waals surface area contributed by atoms with Gasteiger partial charge >= 0.3 is 0 Å². The Balaban J connectivity index is 1.33. The molecule has 0 saturated carbocycles. The highest BCUT2D eigenvalue weighted by molar-refractivity contribution is 5.96. The van der Waals surface area contributed by atoms with Crippen molar-refractivity contribution in [2.24, 2.45) is 0 Å². The molecule has 0 spiro atoms. The van der Waals surface area contributed by atoms with Gasteiger partial charge in [0.1, 0.15) is 23.5 Å². The summed E-state index contributed by atoms with van der Waals surface area (Å²) in [7, 11) is 3.57. The van der Waals surface area contributed by atoms with E-state index in [2.05, 4.69) is 21.0 Å². The molecule has 0 aliphatic carbocycles. The van der Waals surface area contributed by atoms with Crippen molar-refractivity contribution in [2.75, 3.05) is 45.2 Å². The number of benzene rings is 2. The Hall–Kier alpha value is -4.51. The Morgan fingerprint density at radius 3 is 2.62 bits per heavy atom. The van der Waals surface area contributed by atoms with Crippen LogP contribution < -0.4 is 11.5 Å². The monoisotopic (exact) mass is 541 g/mol. The van der Waals surface area contributed by atoms with E-state index >= 15 is 0 Å². The quantitative estimate of drug-likeness (QED) is 0.338. The van der Waals surface area contributed by atoms with Gasteiger partial charge in [0.25, 0.3) is 0 Å². The molecule has 0 unspecified atom stereocenters. The lowest BCUT2D eigenvalue weighted by Crippen LogP contribution is -2.40. The molecule has 1 aliphatic rings. The molecule has 5 aromatic rings. The number of amides is 1. The SMILES string of the molecule is CN(C)C(=O)CN1CCC(c2cc(-c3ccc4c(N)n(Cc5ccccc5F)nc4c3)c3c(N)ncnn23)CC1. The highest BCUT2D eigenvalue weighted by atomic mass is 19.1. The van der Waals surface area contributed by atoms with Crippen LogP contribution in [0.1, 0.15) is 30.0 Å². The van der Waals surface area contributed by atoms with Crippen LogP contribution in [0.4, 0.5) is 16.0 Å². The van der Waals surface area contributed by atoms with Crippen LogP contribution in [0, 0.1) is 5.82 Å². The first-order valence-corrected chi connectivity index (χ1v) is 13.3. The predicted octanol–water partition coefficient (Wildman–Crippen LogP) is 3.37. The summed E-state index contributed by atoms with van der Waals surface area (Å²) in [6.45, 7) is 2.33. The number of likely N-dealkylation sites (N-methyl/N-ethyl adjacent to an activating group) is 1. The summed E-state index contributed by atoms with van der Waals surface area (Å²) in [4.78, 5) is 20.3. The average molecular weight is 542 g/mol. The van der Waals surface area contributed by atoms with Crippen LogP contribution in [0.15, 0.2) is 54.9 Å². The van der Waals surface area contributed by atoms with E-state index in [0.717, 1.165) is 53.7 Å². The second-order valence-corrected chi connectivity index (χ2v) is 10.6. The van der Waals surface area contributed by atoms with Gasteiger partial charge in [-0.25, -0.2) is 18.6 Å². The molecular formula is C29H32FN9O. The number of rotatable bonds is 6. The molecule has 1 aliphatic heterocycles. The van der Waals surface area contributed by atoms with Crippen molar-refractivity contribution >= 4 is 34.0 Å². The zero-order valence-electron chi connectivity index (χ0n) is 22.6. The van der Waals surface area contributed by atoms with Gasteiger partial charge in [-0.05, 0) is 55.8 Å². The molecule has 1 amide bonds. The van der Waals surface area contributed by atoms with E-state index < -0.39 is 0 Å². The van der Waals surface area contributed by atoms with Gasteiger partial charge in [-0.3, -0.25) is 9.69 Å². The van der Waals surface area contributed by atoms with Gasteiger partial charge in [0.05, 0.1) is 18.6 Å². The summed E-state index contributed by atoms with van der Waals surface area (Å²) in [5, 5.41) is 10.1. The number of carbonyl (C=O) groups is 1. The number of aromatic nitrogens is 5. The lowest BCUT2D eigenvalue weighted by molar-refractivity contribution is -0.130. The van der Waals surface area contributed by atoms with Crippen molar-refractivity contribution in [1.82, 2.24) is 34.2 Å². The standard InChI is InChI=1S/C29H32FN9O/c1-36(2)26(40)16-37-11-9-18(10-12-37)25-14-22(27-28(31)33-17-34-39(25)27)19-7-8-21-24(13-19)35-38(29(21)32)15-20-5-3-4-6-23(20)30/h3-8,13-14,17-18H,9-12,15-16,32H2,1-2H3,(H2,31,33,34). The lowest BCUT2D eigenvalue weighted by Gasteiger charge is -2.31. The third-order valence-corrected chi connectivity index (χ3v) is 7.84. The molecule has 0 radical (unpaired) electrons. The first-order chi connectivity index (χ1) is 19.3. The molecule has 0 atom stereocenters. The van der Waals surface area contributed by atoms with E-state index in [1.54, 1.807) is 41.9 Å². The Labute approximate surface area is 231 Å². The second kappa shape index (κ2) is 10.2. The summed E-state index contributed by atoms with van der Waals surface area (Å²) in [6.07, 6.45) is 3.30. The van der Waals surface area contributed by atoms with Crippen LogP contribution in [-0.4, -0.2) is 73.8 Å². The first kappa shape index (κ1) is 25.8. The zero-order chi connectivity index (χ0) is 28.0. The molecule has 4 N–H and O–H groups in total. The maximum atomic E-state index is 14.3. The highest BCUT2D eigenvalue weighted by Gasteiger charge is 2.27. The molecule has 0 bridgehead atoms. The number of anilines is 2.